The van der Waals surface area contributed by atoms with Crippen LogP contribution in [-0.2, 0) is 0 Å². The van der Waals surface area contributed by atoms with Gasteiger partial charge in [-0.25, -0.2) is 4.99 Å². The van der Waals surface area contributed by atoms with Crippen molar-refractivity contribution in [3.8, 4) is 11.5 Å². The third kappa shape index (κ3) is 6.08. The Kier molecular flexibility index (Phi) is 6.85. The Labute approximate surface area is 173 Å². The van der Waals surface area contributed by atoms with E-state index in [0.717, 1.165) is 28.3 Å². The van der Waals surface area contributed by atoms with Gasteiger partial charge in [-0.05, 0) is 67.3 Å². The summed E-state index contributed by atoms with van der Waals surface area (Å²) in [6.45, 7) is 8.30. The Morgan fingerprint density at radius 1 is 0.862 bits per heavy atom. The van der Waals surface area contributed by atoms with Gasteiger partial charge < -0.3 is 9.47 Å². The number of rotatable bonds is 6. The van der Waals surface area contributed by atoms with E-state index < -0.39 is 0 Å². The number of hydrogen-bond acceptors (Lipinski definition) is 3. The number of ether oxygens (including phenoxy) is 2. The fraction of sp³-hybridized carbons (Fsp3) is 0.192. The highest BCUT2D eigenvalue weighted by Gasteiger charge is 2.09. The van der Waals surface area contributed by atoms with Gasteiger partial charge in [-0.2, -0.15) is 0 Å². The molecule has 0 spiro atoms. The molecule has 0 unspecified atom stereocenters. The number of para-hydroxylation sites is 1. The number of hydrogen-bond donors (Lipinski definition) is 0. The lowest BCUT2D eigenvalue weighted by Crippen LogP contribution is -2.11. The molecule has 29 heavy (non-hydrogen) atoms. The van der Waals surface area contributed by atoms with Crippen LogP contribution in [0.1, 0.15) is 37.8 Å². The van der Waals surface area contributed by atoms with Crippen LogP contribution >= 0.6 is 0 Å². The normalized spacial score (nSPS) is 12.2. The van der Waals surface area contributed by atoms with E-state index in [1.54, 1.807) is 6.26 Å². The number of aliphatic imine (C=N–C) groups is 1. The fourth-order valence-electron chi connectivity index (χ4n) is 2.76. The predicted molar refractivity (Wildman–Crippen MR) is 120 cm³/mol. The highest BCUT2D eigenvalue weighted by molar-refractivity contribution is 5.96. The predicted octanol–water partition coefficient (Wildman–Crippen LogP) is 7.21. The van der Waals surface area contributed by atoms with Crippen molar-refractivity contribution < 1.29 is 9.47 Å². The van der Waals surface area contributed by atoms with Crippen molar-refractivity contribution in [2.75, 3.05) is 0 Å². The van der Waals surface area contributed by atoms with E-state index in [9.17, 15) is 0 Å². The van der Waals surface area contributed by atoms with Crippen LogP contribution < -0.4 is 9.47 Å². The summed E-state index contributed by atoms with van der Waals surface area (Å²) >= 11 is 0. The van der Waals surface area contributed by atoms with Gasteiger partial charge in [0.15, 0.2) is 0 Å². The fourth-order valence-corrected chi connectivity index (χ4v) is 2.76. The van der Waals surface area contributed by atoms with E-state index in [4.69, 9.17) is 14.5 Å². The van der Waals surface area contributed by atoms with Gasteiger partial charge in [0.05, 0.1) is 11.9 Å². The molecule has 3 heteroatoms. The van der Waals surface area contributed by atoms with Crippen molar-refractivity contribution in [1.82, 2.24) is 0 Å². The van der Waals surface area contributed by atoms with Gasteiger partial charge in [-0.15, -0.1) is 0 Å². The van der Waals surface area contributed by atoms with Crippen molar-refractivity contribution in [3.05, 3.63) is 102 Å². The monoisotopic (exact) mass is 385 g/mol. The van der Waals surface area contributed by atoms with Crippen LogP contribution in [-0.4, -0.2) is 5.90 Å². The number of aryl methyl sites for hydroxylation is 1. The highest BCUT2D eigenvalue weighted by Crippen LogP contribution is 2.23. The molecule has 0 aliphatic rings. The topological polar surface area (TPSA) is 30.8 Å². The van der Waals surface area contributed by atoms with Crippen LogP contribution in [0.4, 0.5) is 5.69 Å². The zero-order valence-corrected chi connectivity index (χ0v) is 17.4. The van der Waals surface area contributed by atoms with Gasteiger partial charge in [0, 0.05) is 5.57 Å². The van der Waals surface area contributed by atoms with Crippen LogP contribution in [0.5, 0.6) is 11.5 Å². The Bertz CT molecular complexity index is 1000. The molecule has 0 saturated heterocycles. The van der Waals surface area contributed by atoms with Crippen LogP contribution in [0, 0.1) is 6.92 Å². The Morgan fingerprint density at radius 3 is 2.31 bits per heavy atom. The van der Waals surface area contributed by atoms with E-state index in [2.05, 4.69) is 26.0 Å². The van der Waals surface area contributed by atoms with Gasteiger partial charge in [0.25, 0.3) is 0 Å². The molecule has 3 aromatic carbocycles. The van der Waals surface area contributed by atoms with Gasteiger partial charge in [0.1, 0.15) is 11.5 Å². The van der Waals surface area contributed by atoms with E-state index in [1.165, 1.54) is 5.56 Å². The maximum absolute atomic E-state index is 6.18. The third-order valence-electron chi connectivity index (χ3n) is 4.42. The summed E-state index contributed by atoms with van der Waals surface area (Å²) in [7, 11) is 0. The summed E-state index contributed by atoms with van der Waals surface area (Å²) in [6, 6.07) is 25.8. The zero-order valence-electron chi connectivity index (χ0n) is 17.4. The molecule has 3 nitrogen and oxygen atoms in total. The highest BCUT2D eigenvalue weighted by atomic mass is 16.5. The smallest absolute Gasteiger partial charge is 0.225 e. The molecule has 0 saturated carbocycles. The largest absolute Gasteiger partial charge is 0.465 e. The molecule has 148 valence electrons. The quantitative estimate of drug-likeness (QED) is 0.255. The van der Waals surface area contributed by atoms with Crippen molar-refractivity contribution >= 4 is 11.6 Å². The standard InChI is InChI=1S/C26H27NO2/c1-19(2)22-11-9-15-25(17-22)29-26(27-23-12-6-5-7-13-23)21(4)18-28-24-14-8-10-20(3)16-24/h5-19H,1-4H3/b21-18?,27-26+. The SMILES string of the molecule is CC(=COc1cccc(C)c1)/C(=N\c1ccccc1)Oc1cccc(C(C)C)c1. The van der Waals surface area contributed by atoms with Crippen LogP contribution in [0.15, 0.2) is 95.7 Å². The van der Waals surface area contributed by atoms with E-state index in [-0.39, 0.29) is 0 Å². The maximum Gasteiger partial charge on any atom is 0.225 e. The molecule has 0 amide bonds. The second-order valence-electron chi connectivity index (χ2n) is 7.32. The van der Waals surface area contributed by atoms with Crippen molar-refractivity contribution in [1.29, 1.82) is 0 Å². The van der Waals surface area contributed by atoms with E-state index in [0.29, 0.717) is 11.8 Å². The molecular weight excluding hydrogens is 358 g/mol. The van der Waals surface area contributed by atoms with E-state index >= 15 is 0 Å². The molecule has 0 radical (unpaired) electrons. The zero-order chi connectivity index (χ0) is 20.6. The van der Waals surface area contributed by atoms with Crippen molar-refractivity contribution in [2.45, 2.75) is 33.6 Å². The van der Waals surface area contributed by atoms with Gasteiger partial charge >= 0.3 is 0 Å². The molecule has 0 aliphatic carbocycles. The van der Waals surface area contributed by atoms with E-state index in [1.807, 2.05) is 80.6 Å². The van der Waals surface area contributed by atoms with Gasteiger partial charge in [-0.3, -0.25) is 0 Å². The summed E-state index contributed by atoms with van der Waals surface area (Å²) in [6.07, 6.45) is 1.68. The molecule has 3 aromatic rings. The first-order valence-corrected chi connectivity index (χ1v) is 9.83. The minimum atomic E-state index is 0.425. The van der Waals surface area contributed by atoms with Crippen molar-refractivity contribution in [2.24, 2.45) is 4.99 Å². The second kappa shape index (κ2) is 9.74. The molecule has 0 fully saturated rings. The summed E-state index contributed by atoms with van der Waals surface area (Å²) in [4.78, 5) is 4.70. The van der Waals surface area contributed by atoms with Crippen molar-refractivity contribution in [3.63, 3.8) is 0 Å². The first kappa shape index (κ1) is 20.4. The summed E-state index contributed by atoms with van der Waals surface area (Å²) in [5.74, 6) is 2.47. The molecule has 0 heterocycles. The first-order chi connectivity index (χ1) is 14.0. The summed E-state index contributed by atoms with van der Waals surface area (Å²) < 4.78 is 12.0. The molecule has 0 aliphatic heterocycles. The number of nitrogens with zero attached hydrogens (tertiary/aromatic N) is 1. The lowest BCUT2D eigenvalue weighted by atomic mass is 10.0. The molecule has 3 rings (SSSR count). The van der Waals surface area contributed by atoms with Gasteiger partial charge in [0.2, 0.25) is 5.90 Å². The summed E-state index contributed by atoms with van der Waals surface area (Å²) in [5, 5.41) is 0. The van der Waals surface area contributed by atoms with Gasteiger partial charge in [-0.1, -0.05) is 56.3 Å². The minimum Gasteiger partial charge on any atom is -0.465 e. The Hall–Kier alpha value is -3.33. The average Bonchev–Trinajstić information content (AvgIpc) is 2.72. The van der Waals surface area contributed by atoms with Crippen LogP contribution in [0.2, 0.25) is 0 Å². The minimum absolute atomic E-state index is 0.425. The second-order valence-corrected chi connectivity index (χ2v) is 7.32. The maximum atomic E-state index is 6.18. The lowest BCUT2D eigenvalue weighted by Gasteiger charge is -2.12. The number of benzene rings is 3. The molecule has 0 aromatic heterocycles. The molecular formula is C26H27NO2. The first-order valence-electron chi connectivity index (χ1n) is 9.83. The average molecular weight is 386 g/mol. The Balaban J connectivity index is 1.89. The molecule has 0 N–H and O–H groups in total. The third-order valence-corrected chi connectivity index (χ3v) is 4.42. The molecule has 0 bridgehead atoms. The summed E-state index contributed by atoms with van der Waals surface area (Å²) in [5.41, 5.74) is 3.99. The lowest BCUT2D eigenvalue weighted by molar-refractivity contribution is 0.473. The van der Waals surface area contributed by atoms with Crippen LogP contribution in [0.25, 0.3) is 0 Å². The van der Waals surface area contributed by atoms with Crippen LogP contribution in [0.3, 0.4) is 0 Å². The molecule has 0 atom stereocenters. The Morgan fingerprint density at radius 2 is 1.59 bits per heavy atom.